The molecule has 0 N–H and O–H groups in total. The van der Waals surface area contributed by atoms with Gasteiger partial charge in [-0.3, -0.25) is 4.79 Å². The van der Waals surface area contributed by atoms with Crippen molar-refractivity contribution in [3.63, 3.8) is 0 Å². The van der Waals surface area contributed by atoms with Gasteiger partial charge in [-0.25, -0.2) is 4.39 Å². The standard InChI is InChI=1S/C13H13FN2O2/c1-3-9(8(2)17)13-15-12(16-18-13)10-6-4-5-7-11(10)14/h4-7,9H,3H2,1-2H3. The van der Waals surface area contributed by atoms with Crippen LogP contribution < -0.4 is 0 Å². The lowest BCUT2D eigenvalue weighted by molar-refractivity contribution is -0.119. The maximum absolute atomic E-state index is 13.5. The van der Waals surface area contributed by atoms with Crippen molar-refractivity contribution < 1.29 is 13.7 Å². The molecule has 1 heterocycles. The van der Waals surface area contributed by atoms with E-state index in [1.807, 2.05) is 6.92 Å². The Morgan fingerprint density at radius 1 is 1.44 bits per heavy atom. The van der Waals surface area contributed by atoms with Crippen LogP contribution in [0.1, 0.15) is 32.1 Å². The molecule has 1 aromatic carbocycles. The summed E-state index contributed by atoms with van der Waals surface area (Å²) in [4.78, 5) is 15.5. The Kier molecular flexibility index (Phi) is 3.50. The van der Waals surface area contributed by atoms with Gasteiger partial charge in [0.25, 0.3) is 0 Å². The molecule has 0 bridgehead atoms. The predicted molar refractivity (Wildman–Crippen MR) is 63.4 cm³/mol. The first-order valence-corrected chi connectivity index (χ1v) is 5.72. The van der Waals surface area contributed by atoms with Gasteiger partial charge in [0, 0.05) is 0 Å². The van der Waals surface area contributed by atoms with Crippen LogP contribution in [-0.4, -0.2) is 15.9 Å². The second-order valence-corrected chi connectivity index (χ2v) is 4.01. The van der Waals surface area contributed by atoms with Gasteiger partial charge in [-0.05, 0) is 25.5 Å². The van der Waals surface area contributed by atoms with Crippen molar-refractivity contribution >= 4 is 5.78 Å². The van der Waals surface area contributed by atoms with Gasteiger partial charge in [0.05, 0.1) is 11.5 Å². The molecule has 5 heteroatoms. The zero-order valence-electron chi connectivity index (χ0n) is 10.2. The van der Waals surface area contributed by atoms with Crippen LogP contribution in [0.25, 0.3) is 11.4 Å². The zero-order valence-corrected chi connectivity index (χ0v) is 10.2. The Hall–Kier alpha value is -2.04. The summed E-state index contributed by atoms with van der Waals surface area (Å²) in [6.45, 7) is 3.33. The van der Waals surface area contributed by atoms with Crippen molar-refractivity contribution in [3.05, 3.63) is 36.0 Å². The molecule has 18 heavy (non-hydrogen) atoms. The third-order valence-electron chi connectivity index (χ3n) is 2.75. The molecule has 0 saturated heterocycles. The van der Waals surface area contributed by atoms with Crippen molar-refractivity contribution in [1.29, 1.82) is 0 Å². The summed E-state index contributed by atoms with van der Waals surface area (Å²) >= 11 is 0. The average molecular weight is 248 g/mol. The van der Waals surface area contributed by atoms with Crippen LogP contribution in [0.5, 0.6) is 0 Å². The third kappa shape index (κ3) is 2.30. The smallest absolute Gasteiger partial charge is 0.237 e. The number of Topliss-reactive ketones (excluding diaryl/α,β-unsaturated/α-hetero) is 1. The summed E-state index contributed by atoms with van der Waals surface area (Å²) in [7, 11) is 0. The van der Waals surface area contributed by atoms with Gasteiger partial charge in [0.1, 0.15) is 11.6 Å². The van der Waals surface area contributed by atoms with E-state index >= 15 is 0 Å². The average Bonchev–Trinajstić information content (AvgIpc) is 2.79. The number of nitrogens with zero attached hydrogens (tertiary/aromatic N) is 2. The molecule has 0 aliphatic rings. The van der Waals surface area contributed by atoms with E-state index in [-0.39, 0.29) is 23.1 Å². The highest BCUT2D eigenvalue weighted by Crippen LogP contribution is 2.24. The maximum atomic E-state index is 13.5. The number of halogens is 1. The topological polar surface area (TPSA) is 56.0 Å². The first-order chi connectivity index (χ1) is 8.63. The van der Waals surface area contributed by atoms with Gasteiger partial charge in [-0.2, -0.15) is 4.98 Å². The van der Waals surface area contributed by atoms with E-state index in [4.69, 9.17) is 4.52 Å². The van der Waals surface area contributed by atoms with Gasteiger partial charge in [-0.1, -0.05) is 24.2 Å². The maximum Gasteiger partial charge on any atom is 0.237 e. The Morgan fingerprint density at radius 2 is 2.17 bits per heavy atom. The van der Waals surface area contributed by atoms with Gasteiger partial charge >= 0.3 is 0 Å². The number of hydrogen-bond acceptors (Lipinski definition) is 4. The summed E-state index contributed by atoms with van der Waals surface area (Å²) in [5.41, 5.74) is 0.269. The lowest BCUT2D eigenvalue weighted by atomic mass is 10.0. The largest absolute Gasteiger partial charge is 0.338 e. The second-order valence-electron chi connectivity index (χ2n) is 4.01. The van der Waals surface area contributed by atoms with Crippen LogP contribution in [0, 0.1) is 5.82 Å². The van der Waals surface area contributed by atoms with Crippen molar-refractivity contribution in [2.45, 2.75) is 26.2 Å². The Bertz CT molecular complexity index is 566. The highest BCUT2D eigenvalue weighted by molar-refractivity contribution is 5.82. The SMILES string of the molecule is CCC(C(C)=O)c1nc(-c2ccccc2F)no1. The summed E-state index contributed by atoms with van der Waals surface area (Å²) in [5.74, 6) is -0.467. The Balaban J connectivity index is 2.36. The molecule has 94 valence electrons. The molecule has 0 fully saturated rings. The van der Waals surface area contributed by atoms with E-state index in [2.05, 4.69) is 10.1 Å². The minimum absolute atomic E-state index is 0.0405. The van der Waals surface area contributed by atoms with Gasteiger partial charge in [0.15, 0.2) is 0 Å². The van der Waals surface area contributed by atoms with E-state index in [9.17, 15) is 9.18 Å². The zero-order chi connectivity index (χ0) is 13.1. The first kappa shape index (κ1) is 12.4. The molecule has 0 amide bonds. The van der Waals surface area contributed by atoms with E-state index < -0.39 is 11.7 Å². The molecule has 0 aliphatic carbocycles. The molecule has 0 spiro atoms. The molecule has 0 radical (unpaired) electrons. The van der Waals surface area contributed by atoms with Crippen LogP contribution in [0.4, 0.5) is 4.39 Å². The van der Waals surface area contributed by atoms with Crippen LogP contribution in [0.2, 0.25) is 0 Å². The van der Waals surface area contributed by atoms with Crippen LogP contribution in [0.15, 0.2) is 28.8 Å². The van der Waals surface area contributed by atoms with Gasteiger partial charge in [-0.15, -0.1) is 0 Å². The van der Waals surface area contributed by atoms with Crippen LogP contribution in [-0.2, 0) is 4.79 Å². The van der Waals surface area contributed by atoms with E-state index in [0.717, 1.165) is 0 Å². The number of carbonyl (C=O) groups is 1. The third-order valence-corrected chi connectivity index (χ3v) is 2.75. The number of carbonyl (C=O) groups excluding carboxylic acids is 1. The summed E-state index contributed by atoms with van der Waals surface area (Å²) < 4.78 is 18.6. The molecule has 0 aliphatic heterocycles. The molecule has 1 aromatic heterocycles. The lowest BCUT2D eigenvalue weighted by Crippen LogP contribution is -2.07. The molecule has 4 nitrogen and oxygen atoms in total. The van der Waals surface area contributed by atoms with E-state index in [1.165, 1.54) is 13.0 Å². The van der Waals surface area contributed by atoms with Crippen LogP contribution >= 0.6 is 0 Å². The lowest BCUT2D eigenvalue weighted by Gasteiger charge is -2.03. The molecule has 1 atom stereocenters. The van der Waals surface area contributed by atoms with Gasteiger partial charge in [0.2, 0.25) is 11.7 Å². The Labute approximate surface area is 104 Å². The number of ketones is 1. The highest BCUT2D eigenvalue weighted by Gasteiger charge is 2.22. The minimum Gasteiger partial charge on any atom is -0.338 e. The summed E-state index contributed by atoms with van der Waals surface area (Å²) in [6.07, 6.45) is 0.578. The molecular weight excluding hydrogens is 235 g/mol. The fourth-order valence-corrected chi connectivity index (χ4v) is 1.76. The fraction of sp³-hybridized carbons (Fsp3) is 0.308. The molecule has 0 saturated carbocycles. The van der Waals surface area contributed by atoms with Gasteiger partial charge < -0.3 is 4.52 Å². The normalized spacial score (nSPS) is 12.4. The number of hydrogen-bond donors (Lipinski definition) is 0. The van der Waals surface area contributed by atoms with Crippen molar-refractivity contribution in [3.8, 4) is 11.4 Å². The summed E-state index contributed by atoms with van der Waals surface area (Å²) in [5, 5.41) is 3.72. The number of benzene rings is 1. The second kappa shape index (κ2) is 5.08. The summed E-state index contributed by atoms with van der Waals surface area (Å²) in [6, 6.07) is 6.17. The van der Waals surface area contributed by atoms with Crippen molar-refractivity contribution in [1.82, 2.24) is 10.1 Å². The highest BCUT2D eigenvalue weighted by atomic mass is 19.1. The molecule has 2 rings (SSSR count). The molecule has 2 aromatic rings. The quantitative estimate of drug-likeness (QED) is 0.834. The first-order valence-electron chi connectivity index (χ1n) is 5.72. The van der Waals surface area contributed by atoms with E-state index in [1.54, 1.807) is 18.2 Å². The Morgan fingerprint density at radius 3 is 2.78 bits per heavy atom. The molecular formula is C13H13FN2O2. The predicted octanol–water partition coefficient (Wildman–Crippen LogP) is 2.96. The van der Waals surface area contributed by atoms with E-state index in [0.29, 0.717) is 6.42 Å². The fourth-order valence-electron chi connectivity index (χ4n) is 1.76. The van der Waals surface area contributed by atoms with Crippen LogP contribution in [0.3, 0.4) is 0 Å². The van der Waals surface area contributed by atoms with Crippen molar-refractivity contribution in [2.75, 3.05) is 0 Å². The monoisotopic (exact) mass is 248 g/mol. The molecule has 1 unspecified atom stereocenters. The van der Waals surface area contributed by atoms with Crippen molar-refractivity contribution in [2.24, 2.45) is 0 Å². The number of rotatable bonds is 4. The minimum atomic E-state index is -0.418. The number of aromatic nitrogens is 2.